The number of carbonyl (C=O) groups excluding carboxylic acids is 3. The van der Waals surface area contributed by atoms with Crippen LogP contribution < -0.4 is 10.2 Å². The first-order chi connectivity index (χ1) is 4.37. The summed E-state index contributed by atoms with van der Waals surface area (Å²) in [6.07, 6.45) is 0. The number of rotatable bonds is 1. The molecule has 0 saturated heterocycles. The zero-order valence-electron chi connectivity index (χ0n) is 5.89. The van der Waals surface area contributed by atoms with Crippen LogP contribution in [-0.2, 0) is 31.5 Å². The number of hydrogen-bond acceptors (Lipinski definition) is 5. The summed E-state index contributed by atoms with van der Waals surface area (Å²) < 4.78 is 0. The van der Waals surface area contributed by atoms with Crippen molar-refractivity contribution in [2.24, 2.45) is 0 Å². The Morgan fingerprint density at radius 3 is 1.09 bits per heavy atom. The third kappa shape index (κ3) is 47.4. The number of carboxylic acids is 2. The average molecular weight is 202 g/mol. The van der Waals surface area contributed by atoms with Crippen molar-refractivity contribution >= 4 is 17.7 Å². The van der Waals surface area contributed by atoms with E-state index in [9.17, 15) is 14.7 Å². The smallest absolute Gasteiger partial charge is 0.550 e. The maximum atomic E-state index is 9.48. The number of carboxylic acid groups (broad SMARTS) is 2. The summed E-state index contributed by atoms with van der Waals surface area (Å²) in [4.78, 5) is 27.6. The summed E-state index contributed by atoms with van der Waals surface area (Å²) in [5.41, 5.74) is 0. The topological polar surface area (TPSA) is 97.3 Å². The van der Waals surface area contributed by atoms with Crippen molar-refractivity contribution in [3.05, 3.63) is 0 Å². The minimum absolute atomic E-state index is 0. The molecule has 0 amide bonds. The van der Waals surface area contributed by atoms with Gasteiger partial charge in [-0.1, -0.05) is 0 Å². The second kappa shape index (κ2) is 9.13. The monoisotopic (exact) mass is 202 g/mol. The molecule has 0 N–H and O–H groups in total. The van der Waals surface area contributed by atoms with E-state index < -0.39 is 17.7 Å². The maximum absolute atomic E-state index is 9.48. The molecular formula is C5H6FeO5. The van der Waals surface area contributed by atoms with Crippen molar-refractivity contribution in [1.29, 1.82) is 0 Å². The van der Waals surface area contributed by atoms with Gasteiger partial charge in [-0.25, -0.2) is 0 Å². The van der Waals surface area contributed by atoms with Gasteiger partial charge in [-0.3, -0.25) is 4.79 Å². The Kier molecular flexibility index (Phi) is 13.8. The van der Waals surface area contributed by atoms with E-state index in [1.54, 1.807) is 0 Å². The third-order valence-corrected chi connectivity index (χ3v) is 0.287. The molecular weight excluding hydrogens is 196 g/mol. The number of ketones is 1. The van der Waals surface area contributed by atoms with Crippen LogP contribution in [0.2, 0.25) is 0 Å². The van der Waals surface area contributed by atoms with Crippen LogP contribution >= 0.6 is 0 Å². The molecule has 0 saturated carbocycles. The van der Waals surface area contributed by atoms with E-state index in [-0.39, 0.29) is 17.1 Å². The van der Waals surface area contributed by atoms with Gasteiger partial charge in [0.15, 0.2) is 5.78 Å². The number of carbonyl (C=O) groups is 3. The van der Waals surface area contributed by atoms with E-state index in [0.29, 0.717) is 0 Å². The molecule has 0 radical (unpaired) electrons. The second-order valence-electron chi connectivity index (χ2n) is 1.34. The van der Waals surface area contributed by atoms with E-state index in [4.69, 9.17) is 9.90 Å². The fourth-order valence-corrected chi connectivity index (χ4v) is 0. The molecule has 0 aromatic rings. The third-order valence-electron chi connectivity index (χ3n) is 0.287. The molecule has 0 heterocycles. The number of Topliss-reactive ketones (excluding diaryl/α,β-unsaturated/α-hetero) is 1. The molecule has 0 aliphatic heterocycles. The summed E-state index contributed by atoms with van der Waals surface area (Å²) in [5.74, 6) is -3.65. The molecule has 0 aromatic heterocycles. The Bertz CT molecular complexity index is 137. The molecule has 0 rings (SSSR count). The van der Waals surface area contributed by atoms with Gasteiger partial charge in [0.1, 0.15) is 5.97 Å². The van der Waals surface area contributed by atoms with E-state index >= 15 is 0 Å². The second-order valence-corrected chi connectivity index (χ2v) is 1.34. The fraction of sp³-hybridized carbons (Fsp3) is 0.400. The zero-order valence-corrected chi connectivity index (χ0v) is 7.00. The van der Waals surface area contributed by atoms with Gasteiger partial charge in [0, 0.05) is 12.9 Å². The Hall–Kier alpha value is -0.871. The first-order valence-electron chi connectivity index (χ1n) is 2.27. The Balaban J connectivity index is -0.000000114. The minimum atomic E-state index is -1.63. The first-order valence-corrected chi connectivity index (χ1v) is 2.27. The SMILES string of the molecule is CC(=O)C(=O)[O-].CC(=O)[O-].[Fe+2]. The van der Waals surface area contributed by atoms with Crippen LogP contribution in [0.3, 0.4) is 0 Å². The molecule has 0 bridgehead atoms. The molecule has 6 heteroatoms. The van der Waals surface area contributed by atoms with Crippen LogP contribution in [0, 0.1) is 0 Å². The van der Waals surface area contributed by atoms with Gasteiger partial charge in [0.05, 0.1) is 0 Å². The molecule has 64 valence electrons. The molecule has 0 fully saturated rings. The molecule has 0 aromatic carbocycles. The van der Waals surface area contributed by atoms with Gasteiger partial charge in [-0.15, -0.1) is 0 Å². The summed E-state index contributed by atoms with van der Waals surface area (Å²) in [7, 11) is 0. The molecule has 0 unspecified atom stereocenters. The normalized spacial score (nSPS) is 6.36. The van der Waals surface area contributed by atoms with Gasteiger partial charge >= 0.3 is 17.1 Å². The fourth-order valence-electron chi connectivity index (χ4n) is 0. The Labute approximate surface area is 73.9 Å². The van der Waals surface area contributed by atoms with Crippen molar-refractivity contribution in [2.75, 3.05) is 0 Å². The van der Waals surface area contributed by atoms with Gasteiger partial charge in [0.2, 0.25) is 0 Å². The molecule has 0 atom stereocenters. The molecule has 5 nitrogen and oxygen atoms in total. The van der Waals surface area contributed by atoms with Crippen molar-refractivity contribution in [1.82, 2.24) is 0 Å². The van der Waals surface area contributed by atoms with Gasteiger partial charge in [0.25, 0.3) is 0 Å². The maximum Gasteiger partial charge on any atom is 2.00 e. The summed E-state index contributed by atoms with van der Waals surface area (Å²) in [6.45, 7) is 1.91. The van der Waals surface area contributed by atoms with Gasteiger partial charge < -0.3 is 19.8 Å². The van der Waals surface area contributed by atoms with Crippen LogP contribution in [0.5, 0.6) is 0 Å². The quantitative estimate of drug-likeness (QED) is 0.335. The Morgan fingerprint density at radius 1 is 1.00 bits per heavy atom. The number of hydrogen-bond donors (Lipinski definition) is 0. The predicted octanol–water partition coefficient (Wildman–Crippen LogP) is -2.92. The average Bonchev–Trinajstić information content (AvgIpc) is 1.63. The summed E-state index contributed by atoms with van der Waals surface area (Å²) in [5, 5.41) is 18.1. The van der Waals surface area contributed by atoms with Crippen LogP contribution in [0.25, 0.3) is 0 Å². The molecule has 0 spiro atoms. The van der Waals surface area contributed by atoms with Crippen molar-refractivity contribution < 1.29 is 41.7 Å². The van der Waals surface area contributed by atoms with Crippen LogP contribution in [0.15, 0.2) is 0 Å². The minimum Gasteiger partial charge on any atom is -0.550 e. The molecule has 11 heavy (non-hydrogen) atoms. The van der Waals surface area contributed by atoms with Crippen molar-refractivity contribution in [3.8, 4) is 0 Å². The predicted molar refractivity (Wildman–Crippen MR) is 26.4 cm³/mol. The van der Waals surface area contributed by atoms with E-state index in [1.165, 1.54) is 0 Å². The van der Waals surface area contributed by atoms with E-state index in [1.807, 2.05) is 0 Å². The van der Waals surface area contributed by atoms with E-state index in [2.05, 4.69) is 0 Å². The molecule has 0 aliphatic rings. The zero-order chi connectivity index (χ0) is 8.73. The number of aliphatic carboxylic acids is 2. The van der Waals surface area contributed by atoms with Gasteiger partial charge in [-0.05, 0) is 6.92 Å². The first kappa shape index (κ1) is 16.6. The summed E-state index contributed by atoms with van der Waals surface area (Å²) in [6, 6.07) is 0. The van der Waals surface area contributed by atoms with Gasteiger partial charge in [-0.2, -0.15) is 0 Å². The Morgan fingerprint density at radius 2 is 1.09 bits per heavy atom. The van der Waals surface area contributed by atoms with E-state index in [0.717, 1.165) is 13.8 Å². The van der Waals surface area contributed by atoms with Crippen molar-refractivity contribution in [2.45, 2.75) is 13.8 Å². The van der Waals surface area contributed by atoms with Crippen LogP contribution in [0.1, 0.15) is 13.8 Å². The standard InChI is InChI=1S/C3H4O3.C2H4O2.Fe/c1-2(4)3(5)6;1-2(3)4;/h1H3,(H,5,6);1H3,(H,3,4);/q;;+2/p-2. The molecule has 0 aliphatic carbocycles. The largest absolute Gasteiger partial charge is 2.00 e. The van der Waals surface area contributed by atoms with Crippen LogP contribution in [0.4, 0.5) is 0 Å². The van der Waals surface area contributed by atoms with Crippen molar-refractivity contribution in [3.63, 3.8) is 0 Å². The van der Waals surface area contributed by atoms with Crippen LogP contribution in [-0.4, -0.2) is 17.7 Å². The summed E-state index contributed by atoms with van der Waals surface area (Å²) >= 11 is 0.